The Labute approximate surface area is 139 Å². The van der Waals surface area contributed by atoms with Crippen LogP contribution >= 0.6 is 11.8 Å². The topological polar surface area (TPSA) is 67.4 Å². The fourth-order valence-corrected chi connectivity index (χ4v) is 2.29. The molecule has 5 nitrogen and oxygen atoms in total. The van der Waals surface area contributed by atoms with E-state index in [-0.39, 0.29) is 19.1 Å². The van der Waals surface area contributed by atoms with Crippen LogP contribution < -0.4 is 10.6 Å². The van der Waals surface area contributed by atoms with Crippen LogP contribution in [0.4, 0.5) is 10.5 Å². The highest BCUT2D eigenvalue weighted by Gasteiger charge is 2.07. The van der Waals surface area contributed by atoms with Crippen LogP contribution in [0, 0.1) is 0 Å². The average Bonchev–Trinajstić information content (AvgIpc) is 2.59. The minimum Gasteiger partial charge on any atom is -0.445 e. The van der Waals surface area contributed by atoms with Crippen LogP contribution in [-0.2, 0) is 16.1 Å². The van der Waals surface area contributed by atoms with Crippen LogP contribution in [-0.4, -0.2) is 24.8 Å². The summed E-state index contributed by atoms with van der Waals surface area (Å²) in [6, 6.07) is 16.8. The Hall–Kier alpha value is -2.47. The molecule has 0 atom stereocenters. The van der Waals surface area contributed by atoms with Crippen molar-refractivity contribution in [2.45, 2.75) is 11.5 Å². The lowest BCUT2D eigenvalue weighted by Gasteiger charge is -2.08. The van der Waals surface area contributed by atoms with Gasteiger partial charge in [0.05, 0.1) is 0 Å². The van der Waals surface area contributed by atoms with Gasteiger partial charge in [0.2, 0.25) is 5.91 Å². The second-order valence-corrected chi connectivity index (χ2v) is 5.58. The number of hydrogen-bond donors (Lipinski definition) is 2. The maximum absolute atomic E-state index is 11.8. The fourth-order valence-electron chi connectivity index (χ4n) is 1.83. The van der Waals surface area contributed by atoms with Crippen molar-refractivity contribution in [3.05, 3.63) is 60.2 Å². The number of benzene rings is 2. The second-order valence-electron chi connectivity index (χ2n) is 4.70. The third kappa shape index (κ3) is 6.04. The number of amides is 2. The molecule has 0 saturated heterocycles. The summed E-state index contributed by atoms with van der Waals surface area (Å²) in [6.07, 6.45) is 1.34. The van der Waals surface area contributed by atoms with Gasteiger partial charge in [-0.3, -0.25) is 4.79 Å². The summed E-state index contributed by atoms with van der Waals surface area (Å²) in [6.45, 7) is 0.0289. The number of alkyl carbamates (subject to hydrolysis) is 1. The molecule has 0 aliphatic rings. The maximum Gasteiger partial charge on any atom is 0.407 e. The molecular formula is C17H18N2O3S. The fraction of sp³-hybridized carbons (Fsp3) is 0.176. The van der Waals surface area contributed by atoms with Gasteiger partial charge in [-0.1, -0.05) is 36.4 Å². The summed E-state index contributed by atoms with van der Waals surface area (Å²) in [7, 11) is 0. The summed E-state index contributed by atoms with van der Waals surface area (Å²) in [5.74, 6) is -0.306. The molecular weight excluding hydrogens is 312 g/mol. The summed E-state index contributed by atoms with van der Waals surface area (Å²) in [5.41, 5.74) is 1.59. The first-order valence-corrected chi connectivity index (χ1v) is 8.28. The standard InChI is InChI=1S/C17H18N2O3S/c1-23-15-9-5-8-14(10-15)19-16(20)11-18-17(21)22-12-13-6-3-2-4-7-13/h2-10H,11-12H2,1H3,(H,18,21)(H,19,20). The minimum atomic E-state index is -0.623. The van der Waals surface area contributed by atoms with Gasteiger partial charge in [-0.25, -0.2) is 4.79 Å². The van der Waals surface area contributed by atoms with Crippen molar-refractivity contribution >= 4 is 29.4 Å². The van der Waals surface area contributed by atoms with Gasteiger partial charge >= 0.3 is 6.09 Å². The van der Waals surface area contributed by atoms with Crippen molar-refractivity contribution in [2.24, 2.45) is 0 Å². The highest BCUT2D eigenvalue weighted by atomic mass is 32.2. The van der Waals surface area contributed by atoms with E-state index in [9.17, 15) is 9.59 Å². The first-order chi connectivity index (χ1) is 11.2. The number of anilines is 1. The molecule has 0 aliphatic heterocycles. The Morgan fingerprint density at radius 3 is 2.61 bits per heavy atom. The minimum absolute atomic E-state index is 0.142. The molecule has 2 aromatic rings. The van der Waals surface area contributed by atoms with E-state index < -0.39 is 6.09 Å². The third-order valence-corrected chi connectivity index (χ3v) is 3.68. The van der Waals surface area contributed by atoms with E-state index >= 15 is 0 Å². The van der Waals surface area contributed by atoms with Crippen molar-refractivity contribution < 1.29 is 14.3 Å². The zero-order chi connectivity index (χ0) is 16.5. The Balaban J connectivity index is 1.72. The molecule has 0 aromatic heterocycles. The molecule has 120 valence electrons. The molecule has 0 spiro atoms. The van der Waals surface area contributed by atoms with Crippen LogP contribution in [0.3, 0.4) is 0 Å². The van der Waals surface area contributed by atoms with Crippen molar-refractivity contribution in [1.29, 1.82) is 0 Å². The lowest BCUT2D eigenvalue weighted by Crippen LogP contribution is -2.33. The highest BCUT2D eigenvalue weighted by Crippen LogP contribution is 2.18. The maximum atomic E-state index is 11.8. The lowest BCUT2D eigenvalue weighted by molar-refractivity contribution is -0.115. The van der Waals surface area contributed by atoms with E-state index in [2.05, 4.69) is 10.6 Å². The first-order valence-electron chi connectivity index (χ1n) is 7.06. The van der Waals surface area contributed by atoms with Crippen molar-refractivity contribution in [3.63, 3.8) is 0 Å². The molecule has 0 radical (unpaired) electrons. The molecule has 0 unspecified atom stereocenters. The van der Waals surface area contributed by atoms with Crippen LogP contribution in [0.25, 0.3) is 0 Å². The number of carbonyl (C=O) groups is 2. The zero-order valence-corrected chi connectivity index (χ0v) is 13.6. The molecule has 2 aromatic carbocycles. The SMILES string of the molecule is CSc1cccc(NC(=O)CNC(=O)OCc2ccccc2)c1. The molecule has 23 heavy (non-hydrogen) atoms. The van der Waals surface area contributed by atoms with Crippen molar-refractivity contribution in [2.75, 3.05) is 18.1 Å². The molecule has 6 heteroatoms. The highest BCUT2D eigenvalue weighted by molar-refractivity contribution is 7.98. The number of carbonyl (C=O) groups excluding carboxylic acids is 2. The Morgan fingerprint density at radius 2 is 1.87 bits per heavy atom. The van der Waals surface area contributed by atoms with Crippen LogP contribution in [0.2, 0.25) is 0 Å². The largest absolute Gasteiger partial charge is 0.445 e. The second kappa shape index (κ2) is 8.85. The molecule has 0 heterocycles. The van der Waals surface area contributed by atoms with E-state index in [0.29, 0.717) is 5.69 Å². The Bertz CT molecular complexity index is 662. The molecule has 0 aliphatic carbocycles. The Morgan fingerprint density at radius 1 is 1.09 bits per heavy atom. The number of rotatable bonds is 6. The zero-order valence-electron chi connectivity index (χ0n) is 12.7. The Kier molecular flexibility index (Phi) is 6.50. The number of thioether (sulfide) groups is 1. The van der Waals surface area contributed by atoms with Gasteiger partial charge in [-0.15, -0.1) is 11.8 Å². The van der Waals surface area contributed by atoms with Gasteiger partial charge in [0.15, 0.2) is 0 Å². The quantitative estimate of drug-likeness (QED) is 0.798. The van der Waals surface area contributed by atoms with E-state index in [0.717, 1.165) is 10.5 Å². The van der Waals surface area contributed by atoms with Gasteiger partial charge in [0.25, 0.3) is 0 Å². The summed E-state index contributed by atoms with van der Waals surface area (Å²) >= 11 is 1.59. The van der Waals surface area contributed by atoms with Gasteiger partial charge in [-0.05, 0) is 30.0 Å². The molecule has 2 N–H and O–H groups in total. The normalized spacial score (nSPS) is 9.96. The number of nitrogens with one attached hydrogen (secondary N) is 2. The molecule has 0 bridgehead atoms. The van der Waals surface area contributed by atoms with Crippen molar-refractivity contribution in [1.82, 2.24) is 5.32 Å². The van der Waals surface area contributed by atoms with E-state index in [1.807, 2.05) is 54.8 Å². The monoisotopic (exact) mass is 330 g/mol. The molecule has 2 amide bonds. The predicted octanol–water partition coefficient (Wildman–Crippen LogP) is 3.27. The van der Waals surface area contributed by atoms with Gasteiger partial charge in [0, 0.05) is 10.6 Å². The first kappa shape index (κ1) is 16.9. The number of ether oxygens (including phenoxy) is 1. The molecule has 2 rings (SSSR count). The summed E-state index contributed by atoms with van der Waals surface area (Å²) in [5, 5.41) is 5.15. The van der Waals surface area contributed by atoms with Gasteiger partial charge in [-0.2, -0.15) is 0 Å². The van der Waals surface area contributed by atoms with Crippen LogP contribution in [0.1, 0.15) is 5.56 Å². The van der Waals surface area contributed by atoms with E-state index in [1.54, 1.807) is 17.8 Å². The predicted molar refractivity (Wildman–Crippen MR) is 91.5 cm³/mol. The lowest BCUT2D eigenvalue weighted by atomic mass is 10.2. The molecule has 0 saturated carbocycles. The third-order valence-electron chi connectivity index (χ3n) is 2.96. The van der Waals surface area contributed by atoms with Crippen LogP contribution in [0.15, 0.2) is 59.5 Å². The average molecular weight is 330 g/mol. The van der Waals surface area contributed by atoms with E-state index in [1.165, 1.54) is 0 Å². The van der Waals surface area contributed by atoms with Crippen molar-refractivity contribution in [3.8, 4) is 0 Å². The van der Waals surface area contributed by atoms with Gasteiger partial charge in [0.1, 0.15) is 13.2 Å². The summed E-state index contributed by atoms with van der Waals surface area (Å²) in [4.78, 5) is 24.4. The summed E-state index contributed by atoms with van der Waals surface area (Å²) < 4.78 is 5.03. The smallest absolute Gasteiger partial charge is 0.407 e. The van der Waals surface area contributed by atoms with E-state index in [4.69, 9.17) is 4.74 Å². The van der Waals surface area contributed by atoms with Crippen LogP contribution in [0.5, 0.6) is 0 Å². The van der Waals surface area contributed by atoms with Gasteiger partial charge < -0.3 is 15.4 Å². The number of hydrogen-bond acceptors (Lipinski definition) is 4. The molecule has 0 fully saturated rings.